The molecule has 2 aliphatic rings. The van der Waals surface area contributed by atoms with E-state index in [9.17, 15) is 4.39 Å². The number of rotatable bonds is 3. The van der Waals surface area contributed by atoms with E-state index in [4.69, 9.17) is 0 Å². The van der Waals surface area contributed by atoms with E-state index in [-0.39, 0.29) is 5.82 Å². The lowest BCUT2D eigenvalue weighted by Crippen LogP contribution is -2.37. The van der Waals surface area contributed by atoms with Crippen LogP contribution in [-0.4, -0.2) is 6.04 Å². The molecule has 0 aromatic heterocycles. The van der Waals surface area contributed by atoms with E-state index in [2.05, 4.69) is 12.2 Å². The Morgan fingerprint density at radius 3 is 2.25 bits per heavy atom. The smallest absolute Gasteiger partial charge is 0.123 e. The van der Waals surface area contributed by atoms with Gasteiger partial charge in [-0.1, -0.05) is 25.0 Å². The number of halogens is 1. The summed E-state index contributed by atoms with van der Waals surface area (Å²) in [6.07, 6.45) is 11.3. The molecule has 0 heterocycles. The van der Waals surface area contributed by atoms with Crippen molar-refractivity contribution >= 4 is 0 Å². The molecule has 20 heavy (non-hydrogen) atoms. The van der Waals surface area contributed by atoms with Gasteiger partial charge in [0.05, 0.1) is 0 Å². The molecule has 1 atom stereocenters. The van der Waals surface area contributed by atoms with Crippen LogP contribution in [0.2, 0.25) is 0 Å². The van der Waals surface area contributed by atoms with Crippen molar-refractivity contribution in [2.75, 3.05) is 0 Å². The molecule has 0 bridgehead atoms. The fourth-order valence-corrected chi connectivity index (χ4v) is 4.22. The van der Waals surface area contributed by atoms with Crippen LogP contribution in [0, 0.1) is 11.2 Å². The van der Waals surface area contributed by atoms with Crippen molar-refractivity contribution in [1.29, 1.82) is 0 Å². The Morgan fingerprint density at radius 1 is 1.05 bits per heavy atom. The zero-order chi connectivity index (χ0) is 14.0. The highest BCUT2D eigenvalue weighted by Crippen LogP contribution is 2.49. The van der Waals surface area contributed by atoms with E-state index in [1.54, 1.807) is 12.1 Å². The molecular formula is C18H26FN. The minimum Gasteiger partial charge on any atom is -0.307 e. The second-order valence-electron chi connectivity index (χ2n) is 6.92. The number of hydrogen-bond donors (Lipinski definition) is 1. The van der Waals surface area contributed by atoms with E-state index < -0.39 is 0 Å². The van der Waals surface area contributed by atoms with Gasteiger partial charge in [-0.3, -0.25) is 0 Å². The van der Waals surface area contributed by atoms with Gasteiger partial charge in [-0.05, 0) is 68.6 Å². The Labute approximate surface area is 122 Å². The van der Waals surface area contributed by atoms with Crippen LogP contribution in [0.15, 0.2) is 24.3 Å². The lowest BCUT2D eigenvalue weighted by atomic mass is 9.71. The Balaban J connectivity index is 1.52. The molecule has 1 N–H and O–H groups in total. The second kappa shape index (κ2) is 5.85. The summed E-state index contributed by atoms with van der Waals surface area (Å²) in [6.45, 7) is 2.19. The number of benzene rings is 1. The maximum atomic E-state index is 13.0. The summed E-state index contributed by atoms with van der Waals surface area (Å²) in [6, 6.07) is 7.87. The summed E-state index contributed by atoms with van der Waals surface area (Å²) in [5, 5.41) is 3.74. The maximum Gasteiger partial charge on any atom is 0.123 e. The summed E-state index contributed by atoms with van der Waals surface area (Å²) >= 11 is 0. The van der Waals surface area contributed by atoms with Crippen molar-refractivity contribution in [3.63, 3.8) is 0 Å². The molecule has 2 heteroatoms. The highest BCUT2D eigenvalue weighted by molar-refractivity contribution is 5.19. The van der Waals surface area contributed by atoms with Crippen molar-refractivity contribution in [2.24, 2.45) is 5.41 Å². The minimum atomic E-state index is -0.151. The third-order valence-electron chi connectivity index (χ3n) is 5.57. The van der Waals surface area contributed by atoms with E-state index in [0.29, 0.717) is 17.5 Å². The normalized spacial score (nSPS) is 24.1. The van der Waals surface area contributed by atoms with Crippen LogP contribution >= 0.6 is 0 Å². The molecule has 0 unspecified atom stereocenters. The largest absolute Gasteiger partial charge is 0.307 e. The Kier molecular flexibility index (Phi) is 4.11. The third kappa shape index (κ3) is 3.06. The van der Waals surface area contributed by atoms with Crippen molar-refractivity contribution in [2.45, 2.75) is 70.4 Å². The van der Waals surface area contributed by atoms with Gasteiger partial charge in [-0.2, -0.15) is 0 Å². The van der Waals surface area contributed by atoms with Gasteiger partial charge in [-0.25, -0.2) is 4.39 Å². The summed E-state index contributed by atoms with van der Waals surface area (Å²) in [7, 11) is 0. The van der Waals surface area contributed by atoms with Gasteiger partial charge in [0.2, 0.25) is 0 Å². The second-order valence-corrected chi connectivity index (χ2v) is 6.92. The van der Waals surface area contributed by atoms with Gasteiger partial charge < -0.3 is 5.32 Å². The fraction of sp³-hybridized carbons (Fsp3) is 0.667. The molecular weight excluding hydrogens is 249 g/mol. The van der Waals surface area contributed by atoms with Crippen LogP contribution in [-0.2, 0) is 0 Å². The van der Waals surface area contributed by atoms with Gasteiger partial charge in [0.1, 0.15) is 5.82 Å². The standard InChI is InChI=1S/C18H26FN/c1-14(15-4-6-16(19)7-5-15)20-17-8-12-18(13-9-17)10-2-3-11-18/h4-7,14,17,20H,2-3,8-13H2,1H3/t14-/m1/s1. The first-order valence-electron chi connectivity index (χ1n) is 8.18. The molecule has 110 valence electrons. The van der Waals surface area contributed by atoms with Crippen LogP contribution in [0.5, 0.6) is 0 Å². The van der Waals surface area contributed by atoms with Crippen LogP contribution < -0.4 is 5.32 Å². The molecule has 1 spiro atoms. The van der Waals surface area contributed by atoms with Crippen LogP contribution in [0.1, 0.15) is 69.9 Å². The summed E-state index contributed by atoms with van der Waals surface area (Å²) in [4.78, 5) is 0. The third-order valence-corrected chi connectivity index (χ3v) is 5.57. The molecule has 1 aromatic rings. The highest BCUT2D eigenvalue weighted by Gasteiger charge is 2.37. The van der Waals surface area contributed by atoms with Gasteiger partial charge in [-0.15, -0.1) is 0 Å². The van der Waals surface area contributed by atoms with Gasteiger partial charge in [0, 0.05) is 12.1 Å². The number of nitrogens with one attached hydrogen (secondary N) is 1. The zero-order valence-electron chi connectivity index (χ0n) is 12.5. The quantitative estimate of drug-likeness (QED) is 0.820. The SMILES string of the molecule is C[C@@H](NC1CCC2(CCCC2)CC1)c1ccc(F)cc1. The molecule has 0 radical (unpaired) electrons. The molecule has 2 aliphatic carbocycles. The lowest BCUT2D eigenvalue weighted by Gasteiger charge is -2.38. The minimum absolute atomic E-state index is 0.151. The van der Waals surface area contributed by atoms with Crippen molar-refractivity contribution in [3.8, 4) is 0 Å². The van der Waals surface area contributed by atoms with Gasteiger partial charge in [0.25, 0.3) is 0 Å². The monoisotopic (exact) mass is 275 g/mol. The molecule has 0 aliphatic heterocycles. The summed E-state index contributed by atoms with van der Waals surface area (Å²) < 4.78 is 13.0. The van der Waals surface area contributed by atoms with E-state index in [0.717, 1.165) is 0 Å². The number of hydrogen-bond acceptors (Lipinski definition) is 1. The fourth-order valence-electron chi connectivity index (χ4n) is 4.22. The van der Waals surface area contributed by atoms with Crippen molar-refractivity contribution < 1.29 is 4.39 Å². The van der Waals surface area contributed by atoms with Crippen molar-refractivity contribution in [3.05, 3.63) is 35.6 Å². The van der Waals surface area contributed by atoms with E-state index in [1.807, 2.05) is 12.1 Å². The Morgan fingerprint density at radius 2 is 1.65 bits per heavy atom. The molecule has 0 amide bonds. The molecule has 1 aromatic carbocycles. The summed E-state index contributed by atoms with van der Waals surface area (Å²) in [5.41, 5.74) is 1.89. The molecule has 3 rings (SSSR count). The molecule has 2 saturated carbocycles. The predicted molar refractivity (Wildman–Crippen MR) is 81.1 cm³/mol. The molecule has 0 saturated heterocycles. The lowest BCUT2D eigenvalue weighted by molar-refractivity contribution is 0.164. The van der Waals surface area contributed by atoms with E-state index in [1.165, 1.54) is 56.9 Å². The van der Waals surface area contributed by atoms with Crippen LogP contribution in [0.4, 0.5) is 4.39 Å². The highest BCUT2D eigenvalue weighted by atomic mass is 19.1. The Bertz CT molecular complexity index is 423. The van der Waals surface area contributed by atoms with Gasteiger partial charge >= 0.3 is 0 Å². The Hall–Kier alpha value is -0.890. The van der Waals surface area contributed by atoms with Crippen LogP contribution in [0.3, 0.4) is 0 Å². The molecule has 1 nitrogen and oxygen atoms in total. The van der Waals surface area contributed by atoms with Gasteiger partial charge in [0.15, 0.2) is 0 Å². The first kappa shape index (κ1) is 14.1. The van der Waals surface area contributed by atoms with Crippen molar-refractivity contribution in [1.82, 2.24) is 5.32 Å². The first-order chi connectivity index (χ1) is 9.67. The topological polar surface area (TPSA) is 12.0 Å². The molecule has 2 fully saturated rings. The van der Waals surface area contributed by atoms with E-state index >= 15 is 0 Å². The average molecular weight is 275 g/mol. The van der Waals surface area contributed by atoms with Crippen LogP contribution in [0.25, 0.3) is 0 Å². The summed E-state index contributed by atoms with van der Waals surface area (Å²) in [5.74, 6) is -0.151. The first-order valence-corrected chi connectivity index (χ1v) is 8.18. The maximum absolute atomic E-state index is 13.0. The predicted octanol–water partition coefficient (Wildman–Crippen LogP) is 4.98. The average Bonchev–Trinajstić information content (AvgIpc) is 2.91. The zero-order valence-corrected chi connectivity index (χ0v) is 12.5.